The zero-order valence-corrected chi connectivity index (χ0v) is 14.0. The summed E-state index contributed by atoms with van der Waals surface area (Å²) in [7, 11) is 0. The lowest BCUT2D eigenvalue weighted by Crippen LogP contribution is -2.43. The van der Waals surface area contributed by atoms with Crippen LogP contribution in [-0.2, 0) is 16.1 Å². The Morgan fingerprint density at radius 3 is 2.64 bits per heavy atom. The standard InChI is InChI=1S/C16H25N3O2S/c1-2-7-17-15(20)16(21)18-11-13-5-8-19(9-6-13)12-14-4-3-10-22-14/h3-4,10,13H,2,5-9,11-12H2,1H3,(H,17,20)(H,18,21). The highest BCUT2D eigenvalue weighted by molar-refractivity contribution is 7.09. The maximum atomic E-state index is 11.6. The highest BCUT2D eigenvalue weighted by atomic mass is 32.1. The van der Waals surface area contributed by atoms with Gasteiger partial charge in [-0.1, -0.05) is 13.0 Å². The second-order valence-electron chi connectivity index (χ2n) is 5.76. The second-order valence-corrected chi connectivity index (χ2v) is 6.80. The number of hydrogen-bond donors (Lipinski definition) is 2. The summed E-state index contributed by atoms with van der Waals surface area (Å²) in [5.74, 6) is -0.547. The molecular weight excluding hydrogens is 298 g/mol. The Bertz CT molecular complexity index is 468. The highest BCUT2D eigenvalue weighted by Gasteiger charge is 2.21. The number of thiophene rings is 1. The summed E-state index contributed by atoms with van der Waals surface area (Å²) in [5.41, 5.74) is 0. The molecule has 0 atom stereocenters. The fourth-order valence-electron chi connectivity index (χ4n) is 2.61. The number of nitrogens with one attached hydrogen (secondary N) is 2. The van der Waals surface area contributed by atoms with Crippen molar-refractivity contribution in [1.82, 2.24) is 15.5 Å². The van der Waals surface area contributed by atoms with Crippen molar-refractivity contribution in [3.63, 3.8) is 0 Å². The van der Waals surface area contributed by atoms with Gasteiger partial charge in [0, 0.05) is 24.5 Å². The molecule has 5 nitrogen and oxygen atoms in total. The predicted octanol–water partition coefficient (Wildman–Crippen LogP) is 1.60. The average molecular weight is 323 g/mol. The molecule has 0 bridgehead atoms. The summed E-state index contributed by atoms with van der Waals surface area (Å²) < 4.78 is 0. The summed E-state index contributed by atoms with van der Waals surface area (Å²) in [6.07, 6.45) is 2.98. The van der Waals surface area contributed by atoms with Gasteiger partial charge in [-0.15, -0.1) is 11.3 Å². The maximum absolute atomic E-state index is 11.6. The Morgan fingerprint density at radius 2 is 2.00 bits per heavy atom. The van der Waals surface area contributed by atoms with Crippen LogP contribution < -0.4 is 10.6 Å². The predicted molar refractivity (Wildman–Crippen MR) is 88.6 cm³/mol. The average Bonchev–Trinajstić information content (AvgIpc) is 3.04. The Morgan fingerprint density at radius 1 is 1.27 bits per heavy atom. The van der Waals surface area contributed by atoms with Crippen LogP contribution in [0.15, 0.2) is 17.5 Å². The molecular formula is C16H25N3O2S. The van der Waals surface area contributed by atoms with Gasteiger partial charge in [-0.05, 0) is 49.7 Å². The van der Waals surface area contributed by atoms with Crippen LogP contribution in [0.25, 0.3) is 0 Å². The van der Waals surface area contributed by atoms with Crippen molar-refractivity contribution in [2.45, 2.75) is 32.7 Å². The Hall–Kier alpha value is -1.40. The molecule has 1 saturated heterocycles. The molecule has 2 rings (SSSR count). The molecule has 0 aromatic carbocycles. The van der Waals surface area contributed by atoms with Gasteiger partial charge in [0.15, 0.2) is 0 Å². The number of piperidine rings is 1. The lowest BCUT2D eigenvalue weighted by atomic mass is 9.97. The quantitative estimate of drug-likeness (QED) is 0.782. The van der Waals surface area contributed by atoms with Gasteiger partial charge in [-0.25, -0.2) is 0 Å². The third-order valence-corrected chi connectivity index (χ3v) is 4.82. The van der Waals surface area contributed by atoms with E-state index in [0.29, 0.717) is 19.0 Å². The Kier molecular flexibility index (Phi) is 6.86. The molecule has 0 saturated carbocycles. The van der Waals surface area contributed by atoms with Gasteiger partial charge in [0.2, 0.25) is 0 Å². The summed E-state index contributed by atoms with van der Waals surface area (Å²) in [6.45, 7) is 6.25. The van der Waals surface area contributed by atoms with Crippen LogP contribution in [0.5, 0.6) is 0 Å². The number of carbonyl (C=O) groups is 2. The summed E-state index contributed by atoms with van der Waals surface area (Å²) >= 11 is 1.80. The SMILES string of the molecule is CCCNC(=O)C(=O)NCC1CCN(Cc2cccs2)CC1. The number of carbonyl (C=O) groups excluding carboxylic acids is 2. The molecule has 1 aromatic rings. The van der Waals surface area contributed by atoms with Gasteiger partial charge < -0.3 is 10.6 Å². The van der Waals surface area contributed by atoms with Crippen LogP contribution in [0.1, 0.15) is 31.1 Å². The van der Waals surface area contributed by atoms with E-state index in [1.165, 1.54) is 4.88 Å². The summed E-state index contributed by atoms with van der Waals surface area (Å²) in [6, 6.07) is 4.26. The van der Waals surface area contributed by atoms with E-state index in [1.54, 1.807) is 11.3 Å². The zero-order chi connectivity index (χ0) is 15.8. The maximum Gasteiger partial charge on any atom is 0.309 e. The van der Waals surface area contributed by atoms with Crippen molar-refractivity contribution in [3.8, 4) is 0 Å². The fraction of sp³-hybridized carbons (Fsp3) is 0.625. The van der Waals surface area contributed by atoms with Crippen molar-refractivity contribution in [2.75, 3.05) is 26.2 Å². The van der Waals surface area contributed by atoms with E-state index in [1.807, 2.05) is 6.92 Å². The first-order valence-corrected chi connectivity index (χ1v) is 8.87. The molecule has 2 heterocycles. The molecule has 1 fully saturated rings. The van der Waals surface area contributed by atoms with Crippen LogP contribution >= 0.6 is 11.3 Å². The molecule has 2 N–H and O–H groups in total. The molecule has 2 amide bonds. The largest absolute Gasteiger partial charge is 0.348 e. The number of likely N-dealkylation sites (tertiary alicyclic amines) is 1. The van der Waals surface area contributed by atoms with Crippen molar-refractivity contribution in [3.05, 3.63) is 22.4 Å². The number of nitrogens with zero attached hydrogens (tertiary/aromatic N) is 1. The molecule has 0 radical (unpaired) electrons. The molecule has 1 aliphatic heterocycles. The van der Waals surface area contributed by atoms with E-state index < -0.39 is 11.8 Å². The van der Waals surface area contributed by atoms with Crippen LogP contribution in [-0.4, -0.2) is 42.9 Å². The van der Waals surface area contributed by atoms with Crippen LogP contribution in [0, 0.1) is 5.92 Å². The van der Waals surface area contributed by atoms with E-state index in [9.17, 15) is 9.59 Å². The molecule has 22 heavy (non-hydrogen) atoms. The van der Waals surface area contributed by atoms with Crippen LogP contribution in [0.3, 0.4) is 0 Å². The third kappa shape index (κ3) is 5.42. The van der Waals surface area contributed by atoms with Gasteiger partial charge in [-0.3, -0.25) is 14.5 Å². The van der Waals surface area contributed by atoms with Crippen molar-refractivity contribution in [2.24, 2.45) is 5.92 Å². The minimum absolute atomic E-state index is 0.475. The van der Waals surface area contributed by atoms with Gasteiger partial charge in [0.05, 0.1) is 0 Å². The van der Waals surface area contributed by atoms with Crippen LogP contribution in [0.4, 0.5) is 0 Å². The normalized spacial score (nSPS) is 16.4. The van der Waals surface area contributed by atoms with Crippen LogP contribution in [0.2, 0.25) is 0 Å². The Labute approximate surface area is 136 Å². The minimum atomic E-state index is -0.517. The molecule has 6 heteroatoms. The molecule has 0 aliphatic carbocycles. The summed E-state index contributed by atoms with van der Waals surface area (Å²) in [5, 5.41) is 7.46. The minimum Gasteiger partial charge on any atom is -0.348 e. The van der Waals surface area contributed by atoms with E-state index in [4.69, 9.17) is 0 Å². The number of rotatable bonds is 6. The zero-order valence-electron chi connectivity index (χ0n) is 13.1. The van der Waals surface area contributed by atoms with Gasteiger partial charge in [0.25, 0.3) is 0 Å². The van der Waals surface area contributed by atoms with Crippen molar-refractivity contribution < 1.29 is 9.59 Å². The van der Waals surface area contributed by atoms with Gasteiger partial charge in [0.1, 0.15) is 0 Å². The van der Waals surface area contributed by atoms with Crippen molar-refractivity contribution in [1.29, 1.82) is 0 Å². The fourth-order valence-corrected chi connectivity index (χ4v) is 3.35. The highest BCUT2D eigenvalue weighted by Crippen LogP contribution is 2.20. The van der Waals surface area contributed by atoms with Gasteiger partial charge in [-0.2, -0.15) is 0 Å². The monoisotopic (exact) mass is 323 g/mol. The van der Waals surface area contributed by atoms with E-state index >= 15 is 0 Å². The molecule has 1 aliphatic rings. The van der Waals surface area contributed by atoms with Crippen molar-refractivity contribution >= 4 is 23.2 Å². The molecule has 0 unspecified atom stereocenters. The van der Waals surface area contributed by atoms with E-state index in [0.717, 1.165) is 38.9 Å². The number of amides is 2. The summed E-state index contributed by atoms with van der Waals surface area (Å²) in [4.78, 5) is 27.0. The lowest BCUT2D eigenvalue weighted by Gasteiger charge is -2.31. The smallest absolute Gasteiger partial charge is 0.309 e. The first kappa shape index (κ1) is 17.0. The molecule has 122 valence electrons. The first-order chi connectivity index (χ1) is 10.7. The topological polar surface area (TPSA) is 61.4 Å². The molecule has 0 spiro atoms. The van der Waals surface area contributed by atoms with Gasteiger partial charge >= 0.3 is 11.8 Å². The number of hydrogen-bond acceptors (Lipinski definition) is 4. The lowest BCUT2D eigenvalue weighted by molar-refractivity contribution is -0.139. The Balaban J connectivity index is 1.63. The van der Waals surface area contributed by atoms with E-state index in [2.05, 4.69) is 33.0 Å². The first-order valence-electron chi connectivity index (χ1n) is 7.99. The second kappa shape index (κ2) is 8.90. The van der Waals surface area contributed by atoms with E-state index in [-0.39, 0.29) is 0 Å². The third-order valence-electron chi connectivity index (χ3n) is 3.96. The molecule has 1 aromatic heterocycles.